The van der Waals surface area contributed by atoms with Gasteiger partial charge in [-0.15, -0.1) is 0 Å². The summed E-state index contributed by atoms with van der Waals surface area (Å²) in [5.41, 5.74) is 6.83. The number of likely N-dealkylation sites (tertiary alicyclic amines) is 1. The van der Waals surface area contributed by atoms with Gasteiger partial charge in [-0.25, -0.2) is 0 Å². The van der Waals surface area contributed by atoms with E-state index in [1.807, 2.05) is 6.07 Å². The van der Waals surface area contributed by atoms with Crippen molar-refractivity contribution >= 4 is 34.8 Å². The summed E-state index contributed by atoms with van der Waals surface area (Å²) in [6.45, 7) is 3.19. The molecule has 0 unspecified atom stereocenters. The molecule has 1 heterocycles. The number of methoxy groups -OCH3 is 1. The van der Waals surface area contributed by atoms with Crippen LogP contribution in [-0.2, 0) is 0 Å². The minimum absolute atomic E-state index is 0.141. The topological polar surface area (TPSA) is 76.8 Å². The van der Waals surface area contributed by atoms with Crippen molar-refractivity contribution in [2.24, 2.45) is 0 Å². The highest BCUT2D eigenvalue weighted by Crippen LogP contribution is 2.28. The predicted octanol–water partition coefficient (Wildman–Crippen LogP) is 3.86. The molecule has 1 aliphatic heterocycles. The van der Waals surface area contributed by atoms with Crippen LogP contribution in [0.2, 0.25) is 10.0 Å². The fraction of sp³-hybridized carbons (Fsp3) is 0.381. The van der Waals surface area contributed by atoms with Gasteiger partial charge in [-0.05, 0) is 43.2 Å². The van der Waals surface area contributed by atoms with Gasteiger partial charge in [-0.2, -0.15) is 0 Å². The van der Waals surface area contributed by atoms with E-state index >= 15 is 0 Å². The normalized spacial score (nSPS) is 15.1. The fourth-order valence-electron chi connectivity index (χ4n) is 3.30. The third kappa shape index (κ3) is 5.92. The summed E-state index contributed by atoms with van der Waals surface area (Å²) in [6.07, 6.45) is 1.99. The molecule has 29 heavy (non-hydrogen) atoms. The molecule has 2 aromatic carbocycles. The van der Waals surface area contributed by atoms with Crippen molar-refractivity contribution in [3.05, 3.63) is 52.0 Å². The molecule has 1 aliphatic rings. The third-order valence-corrected chi connectivity index (χ3v) is 5.67. The quantitative estimate of drug-likeness (QED) is 0.643. The number of ether oxygens (including phenoxy) is 2. The molecule has 0 spiro atoms. The van der Waals surface area contributed by atoms with E-state index in [0.29, 0.717) is 33.6 Å². The fourth-order valence-corrected chi connectivity index (χ4v) is 3.59. The van der Waals surface area contributed by atoms with Crippen molar-refractivity contribution < 1.29 is 14.3 Å². The molecule has 1 fully saturated rings. The Morgan fingerprint density at radius 3 is 2.59 bits per heavy atom. The number of carbonyl (C=O) groups is 1. The number of nitrogens with one attached hydrogen (secondary N) is 1. The first-order valence-electron chi connectivity index (χ1n) is 9.52. The van der Waals surface area contributed by atoms with E-state index in [2.05, 4.69) is 10.2 Å². The number of nitrogens with zero attached hydrogens (tertiary/aromatic N) is 1. The number of amides is 1. The summed E-state index contributed by atoms with van der Waals surface area (Å²) in [4.78, 5) is 14.6. The largest absolute Gasteiger partial charge is 0.495 e. The molecule has 0 bridgehead atoms. The zero-order valence-corrected chi connectivity index (χ0v) is 17.8. The maximum Gasteiger partial charge on any atom is 0.251 e. The molecular weight excluding hydrogens is 413 g/mol. The molecule has 6 nitrogen and oxygen atoms in total. The molecule has 0 aromatic heterocycles. The predicted molar refractivity (Wildman–Crippen MR) is 116 cm³/mol. The maximum absolute atomic E-state index is 12.3. The van der Waals surface area contributed by atoms with E-state index in [-0.39, 0.29) is 12.0 Å². The number of hydrogen-bond donors (Lipinski definition) is 2. The van der Waals surface area contributed by atoms with E-state index in [1.165, 1.54) is 0 Å². The molecule has 0 atom stereocenters. The highest BCUT2D eigenvalue weighted by atomic mass is 35.5. The molecule has 1 saturated heterocycles. The Hall–Kier alpha value is -2.15. The lowest BCUT2D eigenvalue weighted by Gasteiger charge is -2.32. The van der Waals surface area contributed by atoms with Gasteiger partial charge in [-0.3, -0.25) is 4.79 Å². The van der Waals surface area contributed by atoms with E-state index in [1.54, 1.807) is 37.4 Å². The van der Waals surface area contributed by atoms with E-state index in [9.17, 15) is 4.79 Å². The lowest BCUT2D eigenvalue weighted by atomic mass is 10.1. The number of carbonyl (C=O) groups excluding carboxylic acids is 1. The van der Waals surface area contributed by atoms with Crippen molar-refractivity contribution in [3.63, 3.8) is 0 Å². The number of anilines is 1. The van der Waals surface area contributed by atoms with Crippen LogP contribution in [0.1, 0.15) is 23.2 Å². The second-order valence-corrected chi connectivity index (χ2v) is 7.76. The minimum Gasteiger partial charge on any atom is -0.495 e. The Bertz CT molecular complexity index is 855. The van der Waals surface area contributed by atoms with Crippen LogP contribution in [-0.4, -0.2) is 50.2 Å². The van der Waals surface area contributed by atoms with Crippen LogP contribution < -0.4 is 20.5 Å². The number of benzene rings is 2. The van der Waals surface area contributed by atoms with Crippen molar-refractivity contribution in [1.29, 1.82) is 0 Å². The number of nitrogen functional groups attached to an aromatic ring is 1. The second kappa shape index (κ2) is 10.1. The van der Waals surface area contributed by atoms with Gasteiger partial charge in [0.1, 0.15) is 17.6 Å². The Morgan fingerprint density at radius 1 is 1.17 bits per heavy atom. The molecule has 156 valence electrons. The first kappa shape index (κ1) is 21.6. The lowest BCUT2D eigenvalue weighted by Crippen LogP contribution is -2.42. The number of piperidine rings is 1. The van der Waals surface area contributed by atoms with Gasteiger partial charge in [0.2, 0.25) is 0 Å². The minimum atomic E-state index is -0.141. The Morgan fingerprint density at radius 2 is 1.93 bits per heavy atom. The first-order valence-corrected chi connectivity index (χ1v) is 10.3. The van der Waals surface area contributed by atoms with Crippen molar-refractivity contribution in [2.75, 3.05) is 39.0 Å². The van der Waals surface area contributed by atoms with Crippen LogP contribution in [0, 0.1) is 0 Å². The molecule has 2 aromatic rings. The number of rotatable bonds is 7. The first-order chi connectivity index (χ1) is 14.0. The Balaban J connectivity index is 1.39. The summed E-state index contributed by atoms with van der Waals surface area (Å²) in [5, 5.41) is 3.96. The van der Waals surface area contributed by atoms with E-state index in [0.717, 1.165) is 38.2 Å². The zero-order valence-electron chi connectivity index (χ0n) is 16.3. The van der Waals surface area contributed by atoms with Gasteiger partial charge >= 0.3 is 0 Å². The highest BCUT2D eigenvalue weighted by molar-refractivity contribution is 6.42. The lowest BCUT2D eigenvalue weighted by molar-refractivity contribution is 0.0905. The van der Waals surface area contributed by atoms with E-state index < -0.39 is 0 Å². The van der Waals surface area contributed by atoms with Gasteiger partial charge in [0, 0.05) is 37.8 Å². The van der Waals surface area contributed by atoms with Crippen LogP contribution >= 0.6 is 23.2 Å². The molecular formula is C21H25Cl2N3O3. The summed E-state index contributed by atoms with van der Waals surface area (Å²) in [6, 6.07) is 10.4. The molecule has 3 rings (SSSR count). The number of nitrogens with two attached hydrogens (primary N) is 1. The summed E-state index contributed by atoms with van der Waals surface area (Å²) in [5.74, 6) is 1.16. The highest BCUT2D eigenvalue weighted by Gasteiger charge is 2.20. The average Bonchev–Trinajstić information content (AvgIpc) is 2.72. The SMILES string of the molecule is COc1ccc(C(=O)NCCN2CCC(Oc3ccc(Cl)c(Cl)c3)CC2)cc1N. The Labute approximate surface area is 180 Å². The summed E-state index contributed by atoms with van der Waals surface area (Å²) < 4.78 is 11.1. The standard InChI is InChI=1S/C21H25Cl2N3O3/c1-28-20-5-2-14(12-19(20)24)21(27)25-8-11-26-9-6-15(7-10-26)29-16-3-4-17(22)18(23)13-16/h2-5,12-13,15H,6-11,24H2,1H3,(H,25,27). The molecule has 8 heteroatoms. The number of hydrogen-bond acceptors (Lipinski definition) is 5. The maximum atomic E-state index is 12.3. The summed E-state index contributed by atoms with van der Waals surface area (Å²) in [7, 11) is 1.55. The van der Waals surface area contributed by atoms with Gasteiger partial charge in [-0.1, -0.05) is 23.2 Å². The van der Waals surface area contributed by atoms with E-state index in [4.69, 9.17) is 38.4 Å². The third-order valence-electron chi connectivity index (χ3n) is 4.93. The van der Waals surface area contributed by atoms with Crippen molar-refractivity contribution in [3.8, 4) is 11.5 Å². The van der Waals surface area contributed by atoms with Gasteiger partial charge < -0.3 is 25.4 Å². The van der Waals surface area contributed by atoms with Crippen LogP contribution in [0.4, 0.5) is 5.69 Å². The summed E-state index contributed by atoms with van der Waals surface area (Å²) >= 11 is 12.0. The van der Waals surface area contributed by atoms with Crippen LogP contribution in [0.15, 0.2) is 36.4 Å². The molecule has 3 N–H and O–H groups in total. The number of halogens is 2. The van der Waals surface area contributed by atoms with Crippen LogP contribution in [0.25, 0.3) is 0 Å². The van der Waals surface area contributed by atoms with Crippen LogP contribution in [0.5, 0.6) is 11.5 Å². The van der Waals surface area contributed by atoms with Gasteiger partial charge in [0.05, 0.1) is 22.8 Å². The zero-order chi connectivity index (χ0) is 20.8. The molecule has 0 saturated carbocycles. The molecule has 0 aliphatic carbocycles. The van der Waals surface area contributed by atoms with Crippen molar-refractivity contribution in [2.45, 2.75) is 18.9 Å². The van der Waals surface area contributed by atoms with Gasteiger partial charge in [0.25, 0.3) is 5.91 Å². The molecule has 1 amide bonds. The van der Waals surface area contributed by atoms with Crippen molar-refractivity contribution in [1.82, 2.24) is 10.2 Å². The monoisotopic (exact) mass is 437 g/mol. The van der Waals surface area contributed by atoms with Crippen LogP contribution in [0.3, 0.4) is 0 Å². The average molecular weight is 438 g/mol. The molecule has 0 radical (unpaired) electrons. The Kier molecular flexibility index (Phi) is 7.47. The van der Waals surface area contributed by atoms with Gasteiger partial charge in [0.15, 0.2) is 0 Å². The second-order valence-electron chi connectivity index (χ2n) is 6.95. The smallest absolute Gasteiger partial charge is 0.251 e.